The van der Waals surface area contributed by atoms with Crippen molar-refractivity contribution in [2.45, 2.75) is 39.0 Å². The van der Waals surface area contributed by atoms with E-state index in [2.05, 4.69) is 6.92 Å². The van der Waals surface area contributed by atoms with Gasteiger partial charge in [0.05, 0.1) is 5.92 Å². The Balaban J connectivity index is 3.60. The first-order valence-corrected chi connectivity index (χ1v) is 4.24. The molecule has 0 fully saturated rings. The first-order chi connectivity index (χ1) is 5.22. The molecule has 0 heterocycles. The molecule has 1 atom stereocenters. The van der Waals surface area contributed by atoms with E-state index in [4.69, 9.17) is 5.11 Å². The van der Waals surface area contributed by atoms with Gasteiger partial charge in [0.2, 0.25) is 0 Å². The minimum absolute atomic E-state index is 0.137. The van der Waals surface area contributed by atoms with E-state index in [1.807, 2.05) is 6.92 Å². The van der Waals surface area contributed by atoms with Crippen molar-refractivity contribution in [3.63, 3.8) is 0 Å². The van der Waals surface area contributed by atoms with Gasteiger partial charge in [-0.2, -0.15) is 0 Å². The molecule has 0 aliphatic rings. The molecule has 0 aromatic carbocycles. The Morgan fingerprint density at radius 1 is 1.55 bits per heavy atom. The van der Waals surface area contributed by atoms with Gasteiger partial charge in [-0.15, -0.1) is 0 Å². The van der Waals surface area contributed by atoms with Crippen LogP contribution in [0.2, 0.25) is 0 Å². The summed E-state index contributed by atoms with van der Waals surface area (Å²) in [5, 5.41) is 8.71. The standard InChI is InChI=1S/C9H17O2/c1-3-5-7-8(6-4-2)9(10)11/h8H,1,3-7H2,2H3,(H,10,11). The molecule has 0 aliphatic heterocycles. The number of carbonyl (C=O) groups is 1. The Kier molecular flexibility index (Phi) is 5.90. The molecule has 0 saturated carbocycles. The molecule has 0 spiro atoms. The van der Waals surface area contributed by atoms with Gasteiger partial charge in [0.1, 0.15) is 0 Å². The molecule has 1 N–H and O–H groups in total. The molecule has 0 aliphatic carbocycles. The summed E-state index contributed by atoms with van der Waals surface area (Å²) in [6, 6.07) is 0. The van der Waals surface area contributed by atoms with Crippen molar-refractivity contribution < 1.29 is 9.90 Å². The zero-order chi connectivity index (χ0) is 8.69. The van der Waals surface area contributed by atoms with E-state index in [9.17, 15) is 4.79 Å². The molecule has 1 unspecified atom stereocenters. The highest BCUT2D eigenvalue weighted by atomic mass is 16.4. The summed E-state index contributed by atoms with van der Waals surface area (Å²) in [5.41, 5.74) is 0. The van der Waals surface area contributed by atoms with E-state index in [-0.39, 0.29) is 5.92 Å². The molecule has 0 amide bonds. The minimum atomic E-state index is -0.652. The highest BCUT2D eigenvalue weighted by Crippen LogP contribution is 2.14. The predicted molar refractivity (Wildman–Crippen MR) is 45.2 cm³/mol. The highest BCUT2D eigenvalue weighted by molar-refractivity contribution is 5.69. The average Bonchev–Trinajstić information content (AvgIpc) is 1.97. The van der Waals surface area contributed by atoms with Crippen molar-refractivity contribution in [3.05, 3.63) is 6.92 Å². The number of carboxylic acids is 1. The maximum Gasteiger partial charge on any atom is 0.306 e. The van der Waals surface area contributed by atoms with Gasteiger partial charge in [0, 0.05) is 0 Å². The summed E-state index contributed by atoms with van der Waals surface area (Å²) in [4.78, 5) is 10.6. The van der Waals surface area contributed by atoms with Crippen LogP contribution < -0.4 is 0 Å². The Labute approximate surface area is 68.6 Å². The van der Waals surface area contributed by atoms with Crippen molar-refractivity contribution in [2.24, 2.45) is 5.92 Å². The summed E-state index contributed by atoms with van der Waals surface area (Å²) in [5.74, 6) is -0.790. The topological polar surface area (TPSA) is 37.3 Å². The molecule has 0 aromatic rings. The second-order valence-electron chi connectivity index (χ2n) is 2.82. The molecule has 0 saturated heterocycles. The van der Waals surface area contributed by atoms with E-state index in [1.54, 1.807) is 0 Å². The maximum atomic E-state index is 10.6. The largest absolute Gasteiger partial charge is 0.481 e. The van der Waals surface area contributed by atoms with Crippen LogP contribution >= 0.6 is 0 Å². The summed E-state index contributed by atoms with van der Waals surface area (Å²) in [6.45, 7) is 5.70. The summed E-state index contributed by atoms with van der Waals surface area (Å²) >= 11 is 0. The average molecular weight is 157 g/mol. The SMILES string of the molecule is [CH2]CCCC(CCC)C(=O)O. The van der Waals surface area contributed by atoms with Gasteiger partial charge in [-0.05, 0) is 12.8 Å². The van der Waals surface area contributed by atoms with Crippen LogP contribution in [0.1, 0.15) is 39.0 Å². The zero-order valence-electron chi connectivity index (χ0n) is 7.18. The molecule has 2 nitrogen and oxygen atoms in total. The Morgan fingerprint density at radius 2 is 2.18 bits per heavy atom. The van der Waals surface area contributed by atoms with Gasteiger partial charge in [0.15, 0.2) is 0 Å². The third kappa shape index (κ3) is 4.82. The smallest absolute Gasteiger partial charge is 0.306 e. The van der Waals surface area contributed by atoms with Crippen LogP contribution in [0.3, 0.4) is 0 Å². The van der Waals surface area contributed by atoms with Crippen molar-refractivity contribution in [1.82, 2.24) is 0 Å². The summed E-state index contributed by atoms with van der Waals surface area (Å²) < 4.78 is 0. The summed E-state index contributed by atoms with van der Waals surface area (Å²) in [7, 11) is 0. The minimum Gasteiger partial charge on any atom is -0.481 e. The lowest BCUT2D eigenvalue weighted by Gasteiger charge is -2.08. The Morgan fingerprint density at radius 3 is 2.55 bits per heavy atom. The molecule has 2 heteroatoms. The monoisotopic (exact) mass is 157 g/mol. The van der Waals surface area contributed by atoms with E-state index in [1.165, 1.54) is 0 Å². The third-order valence-corrected chi connectivity index (χ3v) is 1.79. The van der Waals surface area contributed by atoms with Gasteiger partial charge in [-0.1, -0.05) is 33.1 Å². The van der Waals surface area contributed by atoms with Crippen molar-refractivity contribution in [1.29, 1.82) is 0 Å². The van der Waals surface area contributed by atoms with Crippen molar-refractivity contribution in [2.75, 3.05) is 0 Å². The van der Waals surface area contributed by atoms with E-state index >= 15 is 0 Å². The van der Waals surface area contributed by atoms with Crippen molar-refractivity contribution in [3.8, 4) is 0 Å². The van der Waals surface area contributed by atoms with Crippen LogP contribution in [0.25, 0.3) is 0 Å². The van der Waals surface area contributed by atoms with Crippen LogP contribution in [0.15, 0.2) is 0 Å². The van der Waals surface area contributed by atoms with Crippen LogP contribution in [0.4, 0.5) is 0 Å². The van der Waals surface area contributed by atoms with E-state index < -0.39 is 5.97 Å². The maximum absolute atomic E-state index is 10.6. The molecule has 0 bridgehead atoms. The second kappa shape index (κ2) is 6.20. The molecule has 0 aromatic heterocycles. The lowest BCUT2D eigenvalue weighted by molar-refractivity contribution is -0.142. The Hall–Kier alpha value is -0.530. The van der Waals surface area contributed by atoms with Crippen LogP contribution in [0.5, 0.6) is 0 Å². The van der Waals surface area contributed by atoms with E-state index in [0.29, 0.717) is 0 Å². The lowest BCUT2D eigenvalue weighted by atomic mass is 9.97. The number of unbranched alkanes of at least 4 members (excludes halogenated alkanes) is 1. The van der Waals surface area contributed by atoms with Crippen LogP contribution in [-0.4, -0.2) is 11.1 Å². The van der Waals surface area contributed by atoms with Crippen molar-refractivity contribution >= 4 is 5.97 Å². The third-order valence-electron chi connectivity index (χ3n) is 1.79. The number of hydrogen-bond acceptors (Lipinski definition) is 1. The quantitative estimate of drug-likeness (QED) is 0.643. The molecule has 1 radical (unpaired) electrons. The fourth-order valence-electron chi connectivity index (χ4n) is 1.13. The zero-order valence-corrected chi connectivity index (χ0v) is 7.18. The van der Waals surface area contributed by atoms with Gasteiger partial charge in [-0.3, -0.25) is 4.79 Å². The number of rotatable bonds is 6. The molecule has 65 valence electrons. The van der Waals surface area contributed by atoms with Gasteiger partial charge in [0.25, 0.3) is 0 Å². The lowest BCUT2D eigenvalue weighted by Crippen LogP contribution is -2.12. The van der Waals surface area contributed by atoms with Gasteiger partial charge >= 0.3 is 5.97 Å². The number of carboxylic acid groups (broad SMARTS) is 1. The van der Waals surface area contributed by atoms with Crippen LogP contribution in [-0.2, 0) is 4.79 Å². The first kappa shape index (κ1) is 10.5. The van der Waals surface area contributed by atoms with Gasteiger partial charge in [-0.25, -0.2) is 0 Å². The number of aliphatic carboxylic acids is 1. The second-order valence-corrected chi connectivity index (χ2v) is 2.82. The molecular weight excluding hydrogens is 140 g/mol. The fraction of sp³-hybridized carbons (Fsp3) is 0.778. The van der Waals surface area contributed by atoms with Crippen LogP contribution in [0, 0.1) is 12.8 Å². The summed E-state index contributed by atoms with van der Waals surface area (Å²) in [6.07, 6.45) is 4.31. The Bertz CT molecular complexity index is 110. The molecule has 11 heavy (non-hydrogen) atoms. The molecular formula is C9H17O2. The first-order valence-electron chi connectivity index (χ1n) is 4.24. The normalized spacial score (nSPS) is 12.9. The highest BCUT2D eigenvalue weighted by Gasteiger charge is 2.14. The van der Waals surface area contributed by atoms with E-state index in [0.717, 1.165) is 32.1 Å². The van der Waals surface area contributed by atoms with Gasteiger partial charge < -0.3 is 5.11 Å². The fourth-order valence-corrected chi connectivity index (χ4v) is 1.13. The predicted octanol–water partition coefficient (Wildman–Crippen LogP) is 2.49. The number of hydrogen-bond donors (Lipinski definition) is 1. The molecule has 0 rings (SSSR count).